The summed E-state index contributed by atoms with van der Waals surface area (Å²) in [6.07, 6.45) is 2.69. The molecular weight excluding hydrogens is 310 g/mol. The molecule has 0 saturated carbocycles. The molecule has 0 aliphatic carbocycles. The van der Waals surface area contributed by atoms with Gasteiger partial charge in [0.1, 0.15) is 12.6 Å². The van der Waals surface area contributed by atoms with Gasteiger partial charge in [0.05, 0.1) is 12.7 Å². The van der Waals surface area contributed by atoms with Gasteiger partial charge in [-0.1, -0.05) is 44.2 Å². The van der Waals surface area contributed by atoms with Crippen LogP contribution in [0.3, 0.4) is 0 Å². The highest BCUT2D eigenvalue weighted by Gasteiger charge is 2.22. The Morgan fingerprint density at radius 3 is 2.58 bits per heavy atom. The maximum absolute atomic E-state index is 11.8. The van der Waals surface area contributed by atoms with E-state index in [1.54, 1.807) is 12.4 Å². The molecule has 1 aromatic heterocycles. The van der Waals surface area contributed by atoms with Crippen molar-refractivity contribution in [1.29, 1.82) is 0 Å². The maximum atomic E-state index is 11.8. The van der Waals surface area contributed by atoms with E-state index in [-0.39, 0.29) is 13.2 Å². The number of rotatable bonds is 7. The van der Waals surface area contributed by atoms with Crippen molar-refractivity contribution in [1.82, 2.24) is 15.1 Å². The SMILES string of the molecule is CC(C)c1cnn(CC(NC(=O)OCc2ccccc2)C(=O)O)c1. The lowest BCUT2D eigenvalue weighted by Crippen LogP contribution is -2.44. The van der Waals surface area contributed by atoms with Gasteiger partial charge in [-0.15, -0.1) is 0 Å². The van der Waals surface area contributed by atoms with Gasteiger partial charge in [0.15, 0.2) is 0 Å². The second kappa shape index (κ2) is 8.14. The number of hydrogen-bond donors (Lipinski definition) is 2. The number of hydrogen-bond acceptors (Lipinski definition) is 4. The van der Waals surface area contributed by atoms with Crippen molar-refractivity contribution in [2.75, 3.05) is 0 Å². The van der Waals surface area contributed by atoms with Gasteiger partial charge < -0.3 is 15.2 Å². The van der Waals surface area contributed by atoms with E-state index in [2.05, 4.69) is 10.4 Å². The third-order valence-electron chi connectivity index (χ3n) is 3.49. The van der Waals surface area contributed by atoms with Gasteiger partial charge in [0.2, 0.25) is 0 Å². The summed E-state index contributed by atoms with van der Waals surface area (Å²) < 4.78 is 6.55. The number of carboxylic acids is 1. The average molecular weight is 331 g/mol. The van der Waals surface area contributed by atoms with Crippen LogP contribution in [0.15, 0.2) is 42.7 Å². The molecule has 128 valence electrons. The van der Waals surface area contributed by atoms with Crippen molar-refractivity contribution in [2.45, 2.75) is 39.0 Å². The monoisotopic (exact) mass is 331 g/mol. The van der Waals surface area contributed by atoms with Crippen LogP contribution in [0, 0.1) is 0 Å². The third-order valence-corrected chi connectivity index (χ3v) is 3.49. The summed E-state index contributed by atoms with van der Waals surface area (Å²) in [5.41, 5.74) is 1.83. The molecule has 24 heavy (non-hydrogen) atoms. The van der Waals surface area contributed by atoms with E-state index in [0.29, 0.717) is 5.92 Å². The van der Waals surface area contributed by atoms with Crippen LogP contribution in [-0.4, -0.2) is 33.0 Å². The van der Waals surface area contributed by atoms with Crippen LogP contribution in [0.1, 0.15) is 30.9 Å². The number of alkyl carbamates (subject to hydrolysis) is 1. The van der Waals surface area contributed by atoms with Crippen molar-refractivity contribution < 1.29 is 19.4 Å². The van der Waals surface area contributed by atoms with Gasteiger partial charge in [-0.3, -0.25) is 4.68 Å². The first-order valence-electron chi connectivity index (χ1n) is 7.68. The van der Waals surface area contributed by atoms with Crippen molar-refractivity contribution in [3.63, 3.8) is 0 Å². The zero-order valence-corrected chi connectivity index (χ0v) is 13.7. The Bertz CT molecular complexity index is 682. The summed E-state index contributed by atoms with van der Waals surface area (Å²) >= 11 is 0. The van der Waals surface area contributed by atoms with Crippen molar-refractivity contribution in [3.05, 3.63) is 53.9 Å². The van der Waals surface area contributed by atoms with Crippen LogP contribution < -0.4 is 5.32 Å². The normalized spacial score (nSPS) is 12.0. The topological polar surface area (TPSA) is 93.5 Å². The van der Waals surface area contributed by atoms with Crippen LogP contribution in [0.2, 0.25) is 0 Å². The number of benzene rings is 1. The molecule has 0 radical (unpaired) electrons. The molecule has 0 bridgehead atoms. The van der Waals surface area contributed by atoms with E-state index in [1.807, 2.05) is 44.2 Å². The highest BCUT2D eigenvalue weighted by molar-refractivity contribution is 5.79. The summed E-state index contributed by atoms with van der Waals surface area (Å²) in [6.45, 7) is 4.16. The number of aromatic nitrogens is 2. The van der Waals surface area contributed by atoms with Crippen molar-refractivity contribution in [2.24, 2.45) is 0 Å². The van der Waals surface area contributed by atoms with Gasteiger partial charge in [-0.05, 0) is 17.0 Å². The molecular formula is C17H21N3O4. The van der Waals surface area contributed by atoms with Crippen molar-refractivity contribution >= 4 is 12.1 Å². The van der Waals surface area contributed by atoms with Crippen molar-refractivity contribution in [3.8, 4) is 0 Å². The molecule has 0 aliphatic rings. The molecule has 1 atom stereocenters. The molecule has 2 aromatic rings. The van der Waals surface area contributed by atoms with E-state index in [9.17, 15) is 14.7 Å². The van der Waals surface area contributed by atoms with E-state index >= 15 is 0 Å². The van der Waals surface area contributed by atoms with Crippen LogP contribution in [-0.2, 0) is 22.7 Å². The minimum Gasteiger partial charge on any atom is -0.480 e. The maximum Gasteiger partial charge on any atom is 0.408 e. The first kappa shape index (κ1) is 17.5. The molecule has 1 aromatic carbocycles. The molecule has 1 heterocycles. The lowest BCUT2D eigenvalue weighted by atomic mass is 10.1. The zero-order valence-electron chi connectivity index (χ0n) is 13.7. The van der Waals surface area contributed by atoms with Gasteiger partial charge in [0, 0.05) is 6.20 Å². The van der Waals surface area contributed by atoms with Crippen LogP contribution in [0.4, 0.5) is 4.79 Å². The summed E-state index contributed by atoms with van der Waals surface area (Å²) in [6, 6.07) is 8.05. The molecule has 0 fully saturated rings. The zero-order chi connectivity index (χ0) is 17.5. The first-order chi connectivity index (χ1) is 11.5. The highest BCUT2D eigenvalue weighted by Crippen LogP contribution is 2.12. The van der Waals surface area contributed by atoms with E-state index in [0.717, 1.165) is 11.1 Å². The minimum absolute atomic E-state index is 0.0302. The fourth-order valence-electron chi connectivity index (χ4n) is 2.06. The van der Waals surface area contributed by atoms with E-state index in [4.69, 9.17) is 4.74 Å². The summed E-state index contributed by atoms with van der Waals surface area (Å²) in [7, 11) is 0. The molecule has 0 saturated heterocycles. The Kier molecular flexibility index (Phi) is 5.95. The van der Waals surface area contributed by atoms with E-state index < -0.39 is 18.1 Å². The molecule has 0 aliphatic heterocycles. The smallest absolute Gasteiger partial charge is 0.408 e. The second-order valence-electron chi connectivity index (χ2n) is 5.75. The second-order valence-corrected chi connectivity index (χ2v) is 5.75. The number of ether oxygens (including phenoxy) is 1. The first-order valence-corrected chi connectivity index (χ1v) is 7.68. The number of carbonyl (C=O) groups is 2. The molecule has 2 N–H and O–H groups in total. The molecule has 2 rings (SSSR count). The van der Waals surface area contributed by atoms with Crippen LogP contribution >= 0.6 is 0 Å². The quantitative estimate of drug-likeness (QED) is 0.812. The predicted octanol–water partition coefficient (Wildman–Crippen LogP) is 2.39. The standard InChI is InChI=1S/C17H21N3O4/c1-12(2)14-8-18-20(9-14)10-15(16(21)22)19-17(23)24-11-13-6-4-3-5-7-13/h3-9,12,15H,10-11H2,1-2H3,(H,19,23)(H,21,22). The van der Waals surface area contributed by atoms with Gasteiger partial charge in [-0.25, -0.2) is 9.59 Å². The largest absolute Gasteiger partial charge is 0.480 e. The van der Waals surface area contributed by atoms with Gasteiger partial charge >= 0.3 is 12.1 Å². The number of carbonyl (C=O) groups excluding carboxylic acids is 1. The molecule has 7 nitrogen and oxygen atoms in total. The number of aliphatic carboxylic acids is 1. The third kappa shape index (κ3) is 5.12. The molecule has 0 spiro atoms. The van der Waals surface area contributed by atoms with Gasteiger partial charge in [0.25, 0.3) is 0 Å². The Labute approximate surface area is 140 Å². The highest BCUT2D eigenvalue weighted by atomic mass is 16.5. The number of amides is 1. The Balaban J connectivity index is 1.90. The molecule has 1 unspecified atom stereocenters. The summed E-state index contributed by atoms with van der Waals surface area (Å²) in [4.78, 5) is 23.2. The van der Waals surface area contributed by atoms with Crippen LogP contribution in [0.5, 0.6) is 0 Å². The van der Waals surface area contributed by atoms with Gasteiger partial charge in [-0.2, -0.15) is 5.10 Å². The predicted molar refractivity (Wildman–Crippen MR) is 87.5 cm³/mol. The lowest BCUT2D eigenvalue weighted by molar-refractivity contribution is -0.139. The average Bonchev–Trinajstić information content (AvgIpc) is 3.02. The van der Waals surface area contributed by atoms with E-state index in [1.165, 1.54) is 4.68 Å². The summed E-state index contributed by atoms with van der Waals surface area (Å²) in [5, 5.41) is 15.7. The van der Waals surface area contributed by atoms with Crippen LogP contribution in [0.25, 0.3) is 0 Å². The number of nitrogens with one attached hydrogen (secondary N) is 1. The fraction of sp³-hybridized carbons (Fsp3) is 0.353. The number of nitrogens with zero attached hydrogens (tertiary/aromatic N) is 2. The molecule has 1 amide bonds. The Morgan fingerprint density at radius 1 is 1.29 bits per heavy atom. The Hall–Kier alpha value is -2.83. The summed E-state index contributed by atoms with van der Waals surface area (Å²) in [5.74, 6) is -0.848. The lowest BCUT2D eigenvalue weighted by Gasteiger charge is -2.14. The fourth-order valence-corrected chi connectivity index (χ4v) is 2.06. The molecule has 7 heteroatoms. The Morgan fingerprint density at radius 2 is 2.00 bits per heavy atom. The minimum atomic E-state index is -1.15. The number of carboxylic acid groups (broad SMARTS) is 1.